The van der Waals surface area contributed by atoms with E-state index in [0.717, 1.165) is 47.5 Å². The van der Waals surface area contributed by atoms with E-state index in [1.165, 1.54) is 12.4 Å². The van der Waals surface area contributed by atoms with E-state index in [-0.39, 0.29) is 23.3 Å². The summed E-state index contributed by atoms with van der Waals surface area (Å²) in [4.78, 5) is 23.8. The van der Waals surface area contributed by atoms with Gasteiger partial charge in [0.15, 0.2) is 0 Å². The van der Waals surface area contributed by atoms with Crippen LogP contribution in [0.15, 0.2) is 52.4 Å². The van der Waals surface area contributed by atoms with E-state index in [4.69, 9.17) is 0 Å². The third-order valence-electron chi connectivity index (χ3n) is 4.96. The van der Waals surface area contributed by atoms with Gasteiger partial charge in [0.05, 0.1) is 21.4 Å². The van der Waals surface area contributed by atoms with Gasteiger partial charge in [-0.05, 0) is 69.0 Å². The highest BCUT2D eigenvalue weighted by atomic mass is 79.9. The van der Waals surface area contributed by atoms with E-state index in [0.29, 0.717) is 32.9 Å². The van der Waals surface area contributed by atoms with Crippen molar-refractivity contribution in [2.45, 2.75) is 51.4 Å². The molecule has 0 aliphatic carbocycles. The van der Waals surface area contributed by atoms with Gasteiger partial charge in [0, 0.05) is 32.9 Å². The molecular weight excluding hydrogens is 728 g/mol. The van der Waals surface area contributed by atoms with Crippen molar-refractivity contribution in [2.24, 2.45) is 10.2 Å². The highest BCUT2D eigenvalue weighted by molar-refractivity contribution is 9.11. The van der Waals surface area contributed by atoms with E-state index in [9.17, 15) is 19.8 Å². The number of halogens is 4. The van der Waals surface area contributed by atoms with E-state index in [1.54, 1.807) is 24.3 Å². The molecule has 0 heterocycles. The number of carbonyl (C=O) groups excluding carboxylic acids is 2. The summed E-state index contributed by atoms with van der Waals surface area (Å²) in [7, 11) is 0. The molecule has 0 fully saturated rings. The van der Waals surface area contributed by atoms with Crippen molar-refractivity contribution in [1.82, 2.24) is 10.9 Å². The number of phenolic OH excluding ortho intramolecular Hbond substituents is 2. The maximum Gasteiger partial charge on any atom is 0.240 e. The lowest BCUT2D eigenvalue weighted by molar-refractivity contribution is -0.122. The van der Waals surface area contributed by atoms with Gasteiger partial charge in [-0.2, -0.15) is 10.2 Å². The third kappa shape index (κ3) is 11.1. The predicted molar refractivity (Wildman–Crippen MR) is 155 cm³/mol. The number of rotatable bonds is 13. The van der Waals surface area contributed by atoms with Gasteiger partial charge in [0.2, 0.25) is 11.8 Å². The van der Waals surface area contributed by atoms with Crippen LogP contribution in [0.1, 0.15) is 62.5 Å². The third-order valence-corrected chi connectivity index (χ3v) is 7.08. The molecule has 2 aromatic carbocycles. The molecule has 194 valence electrons. The van der Waals surface area contributed by atoms with Crippen molar-refractivity contribution in [1.29, 1.82) is 0 Å². The Morgan fingerprint density at radius 1 is 0.667 bits per heavy atom. The first-order valence-corrected chi connectivity index (χ1v) is 14.3. The molecule has 0 bridgehead atoms. The number of amides is 2. The van der Waals surface area contributed by atoms with Gasteiger partial charge in [-0.1, -0.05) is 57.5 Å². The zero-order valence-electron chi connectivity index (χ0n) is 19.2. The fourth-order valence-electron chi connectivity index (χ4n) is 3.11. The Balaban J connectivity index is 1.53. The Morgan fingerprint density at radius 2 is 1.03 bits per heavy atom. The second-order valence-electron chi connectivity index (χ2n) is 7.86. The number of hydrogen-bond donors (Lipinski definition) is 4. The van der Waals surface area contributed by atoms with Crippen molar-refractivity contribution in [2.75, 3.05) is 0 Å². The van der Waals surface area contributed by atoms with Crippen LogP contribution in [0.3, 0.4) is 0 Å². The second-order valence-corrected chi connectivity index (χ2v) is 11.4. The van der Waals surface area contributed by atoms with Crippen molar-refractivity contribution in [3.63, 3.8) is 0 Å². The van der Waals surface area contributed by atoms with Crippen LogP contribution in [0.4, 0.5) is 0 Å². The van der Waals surface area contributed by atoms with Crippen molar-refractivity contribution < 1.29 is 19.8 Å². The molecule has 0 atom stereocenters. The van der Waals surface area contributed by atoms with Crippen LogP contribution in [0.25, 0.3) is 0 Å². The molecule has 0 aliphatic rings. The van der Waals surface area contributed by atoms with Gasteiger partial charge in [0.1, 0.15) is 11.5 Å². The van der Waals surface area contributed by atoms with Gasteiger partial charge in [-0.25, -0.2) is 10.9 Å². The summed E-state index contributed by atoms with van der Waals surface area (Å²) in [6, 6.07) is 6.82. The second kappa shape index (κ2) is 16.2. The van der Waals surface area contributed by atoms with Gasteiger partial charge < -0.3 is 10.2 Å². The molecule has 0 aliphatic heterocycles. The number of benzene rings is 2. The monoisotopic (exact) mass is 750 g/mol. The number of nitrogens with one attached hydrogen (secondary N) is 2. The van der Waals surface area contributed by atoms with Crippen LogP contribution >= 0.6 is 63.7 Å². The molecule has 12 heteroatoms. The number of carbonyl (C=O) groups is 2. The van der Waals surface area contributed by atoms with Crippen molar-refractivity contribution in [3.05, 3.63) is 53.3 Å². The summed E-state index contributed by atoms with van der Waals surface area (Å²) in [5.74, 6) is -0.257. The standard InChI is InChI=1S/C24H26Br4N4O4/c25-17-9-15(23(35)19(27)11-17)13-29-31-21(33)7-5-3-1-2-4-6-8-22(34)32-30-14-16-10-18(26)12-20(28)24(16)36/h9-14,35-36H,1-8H2,(H,31,33)(H,32,34)/b29-13-,30-14-. The number of hydrazone groups is 2. The van der Waals surface area contributed by atoms with Crippen molar-refractivity contribution >= 4 is 88.0 Å². The molecule has 0 aromatic heterocycles. The lowest BCUT2D eigenvalue weighted by atomic mass is 10.1. The highest BCUT2D eigenvalue weighted by Crippen LogP contribution is 2.31. The average molecular weight is 754 g/mol. The Labute approximate surface area is 243 Å². The largest absolute Gasteiger partial charge is 0.506 e. The molecule has 2 aromatic rings. The molecule has 0 spiro atoms. The van der Waals surface area contributed by atoms with Gasteiger partial charge in [-0.3, -0.25) is 9.59 Å². The Kier molecular flexibility index (Phi) is 13.7. The predicted octanol–water partition coefficient (Wildman–Crippen LogP) is 6.87. The Morgan fingerprint density at radius 3 is 1.42 bits per heavy atom. The summed E-state index contributed by atoms with van der Waals surface area (Å²) in [5, 5.41) is 27.8. The minimum atomic E-state index is -0.180. The van der Waals surface area contributed by atoms with E-state index < -0.39 is 0 Å². The first-order valence-electron chi connectivity index (χ1n) is 11.2. The van der Waals surface area contributed by atoms with E-state index in [2.05, 4.69) is 84.8 Å². The number of nitrogens with zero attached hydrogens (tertiary/aromatic N) is 2. The van der Waals surface area contributed by atoms with E-state index in [1.807, 2.05) is 0 Å². The molecule has 2 amide bonds. The van der Waals surface area contributed by atoms with Crippen LogP contribution in [0.2, 0.25) is 0 Å². The van der Waals surface area contributed by atoms with Crippen LogP contribution < -0.4 is 10.9 Å². The van der Waals surface area contributed by atoms with Crippen LogP contribution in [-0.4, -0.2) is 34.5 Å². The first-order chi connectivity index (χ1) is 17.2. The summed E-state index contributed by atoms with van der Waals surface area (Å²) in [6.07, 6.45) is 8.83. The fourth-order valence-corrected chi connectivity index (χ4v) is 5.62. The number of unbranched alkanes of at least 4 members (excludes halogenated alkanes) is 5. The van der Waals surface area contributed by atoms with Crippen molar-refractivity contribution in [3.8, 4) is 11.5 Å². The molecule has 0 saturated carbocycles. The average Bonchev–Trinajstić information content (AvgIpc) is 2.81. The molecule has 0 radical (unpaired) electrons. The van der Waals surface area contributed by atoms with E-state index >= 15 is 0 Å². The molecule has 4 N–H and O–H groups in total. The lowest BCUT2D eigenvalue weighted by Gasteiger charge is -2.04. The van der Waals surface area contributed by atoms with Gasteiger partial charge in [-0.15, -0.1) is 0 Å². The lowest BCUT2D eigenvalue weighted by Crippen LogP contribution is -2.17. The SMILES string of the molecule is O=C(CCCCCCCCC(=O)N/N=C\c1cc(Br)cc(Br)c1O)N/N=C\c1cc(Br)cc(Br)c1O. The first kappa shape index (κ1) is 30.5. The minimum absolute atomic E-state index is 0.0516. The summed E-state index contributed by atoms with van der Waals surface area (Å²) >= 11 is 13.2. The number of phenols is 2. The molecule has 2 rings (SSSR count). The molecule has 0 unspecified atom stereocenters. The Hall–Kier alpha value is -1.76. The summed E-state index contributed by atoms with van der Waals surface area (Å²) in [6.45, 7) is 0. The molecule has 36 heavy (non-hydrogen) atoms. The molecular formula is C24H26Br4N4O4. The van der Waals surface area contributed by atoms with Gasteiger partial charge in [0.25, 0.3) is 0 Å². The summed E-state index contributed by atoms with van der Waals surface area (Å²) in [5.41, 5.74) is 5.90. The number of hydrogen-bond acceptors (Lipinski definition) is 6. The number of aromatic hydroxyl groups is 2. The maximum atomic E-state index is 11.9. The zero-order chi connectivity index (χ0) is 26.5. The maximum absolute atomic E-state index is 11.9. The zero-order valence-corrected chi connectivity index (χ0v) is 25.6. The fraction of sp³-hybridized carbons (Fsp3) is 0.333. The van der Waals surface area contributed by atoms with Crippen LogP contribution in [0.5, 0.6) is 11.5 Å². The van der Waals surface area contributed by atoms with Gasteiger partial charge >= 0.3 is 0 Å². The summed E-state index contributed by atoms with van der Waals surface area (Å²) < 4.78 is 2.62. The molecule has 8 nitrogen and oxygen atoms in total. The normalized spacial score (nSPS) is 11.3. The smallest absolute Gasteiger partial charge is 0.240 e. The molecule has 0 saturated heterocycles. The minimum Gasteiger partial charge on any atom is -0.506 e. The highest BCUT2D eigenvalue weighted by Gasteiger charge is 2.07. The quantitative estimate of drug-likeness (QED) is 0.101. The van der Waals surface area contributed by atoms with Crippen LogP contribution in [0, 0.1) is 0 Å². The Bertz CT molecular complexity index is 1040. The topological polar surface area (TPSA) is 123 Å². The van der Waals surface area contributed by atoms with Crippen LogP contribution in [-0.2, 0) is 9.59 Å².